The Morgan fingerprint density at radius 2 is 1.93 bits per heavy atom. The largest absolute Gasteiger partial charge is 0.493 e. The zero-order valence-electron chi connectivity index (χ0n) is 16.7. The van der Waals surface area contributed by atoms with Gasteiger partial charge in [0.25, 0.3) is 5.91 Å². The molecule has 0 aliphatic carbocycles. The van der Waals surface area contributed by atoms with Crippen molar-refractivity contribution in [2.24, 2.45) is 5.92 Å². The van der Waals surface area contributed by atoms with Gasteiger partial charge in [0, 0.05) is 19.8 Å². The Kier molecular flexibility index (Phi) is 6.92. The lowest BCUT2D eigenvalue weighted by atomic mass is 10.0. The Bertz CT molecular complexity index is 763. The molecule has 2 aliphatic rings. The number of ether oxygens (including phenoxy) is 3. The summed E-state index contributed by atoms with van der Waals surface area (Å²) < 4.78 is 15.8. The highest BCUT2D eigenvalue weighted by Crippen LogP contribution is 2.28. The summed E-state index contributed by atoms with van der Waals surface area (Å²) in [6, 6.07) is 3.83. The van der Waals surface area contributed by atoms with Gasteiger partial charge in [0.1, 0.15) is 6.04 Å². The van der Waals surface area contributed by atoms with Gasteiger partial charge in [-0.1, -0.05) is 6.07 Å². The molecule has 29 heavy (non-hydrogen) atoms. The molecule has 0 saturated carbocycles. The topological polar surface area (TPSA) is 106 Å². The van der Waals surface area contributed by atoms with E-state index in [0.717, 1.165) is 23.3 Å². The first-order chi connectivity index (χ1) is 14.0. The van der Waals surface area contributed by atoms with E-state index in [1.807, 2.05) is 0 Å². The van der Waals surface area contributed by atoms with E-state index in [9.17, 15) is 14.4 Å². The van der Waals surface area contributed by atoms with Gasteiger partial charge in [-0.2, -0.15) is 0 Å². The van der Waals surface area contributed by atoms with Gasteiger partial charge in [0.2, 0.25) is 5.91 Å². The minimum Gasteiger partial charge on any atom is -0.493 e. The number of benzene rings is 1. The molecule has 1 aromatic carbocycles. The van der Waals surface area contributed by atoms with Crippen LogP contribution in [0, 0.1) is 5.92 Å². The van der Waals surface area contributed by atoms with Crippen LogP contribution in [0.1, 0.15) is 24.8 Å². The third-order valence-electron chi connectivity index (χ3n) is 5.21. The van der Waals surface area contributed by atoms with Crippen molar-refractivity contribution in [1.29, 1.82) is 0 Å². The van der Waals surface area contributed by atoms with Gasteiger partial charge in [0.15, 0.2) is 11.5 Å². The van der Waals surface area contributed by atoms with Gasteiger partial charge in [-0.15, -0.1) is 0 Å². The number of hydrogen-bond acceptors (Lipinski definition) is 6. The number of hydrogen-bond donors (Lipinski definition) is 2. The van der Waals surface area contributed by atoms with Crippen molar-refractivity contribution in [2.45, 2.75) is 31.8 Å². The Morgan fingerprint density at radius 1 is 1.21 bits per heavy atom. The second kappa shape index (κ2) is 9.60. The maximum Gasteiger partial charge on any atom is 0.325 e. The minimum absolute atomic E-state index is 0.0732. The number of methoxy groups -OCH3 is 2. The maximum absolute atomic E-state index is 12.6. The lowest BCUT2D eigenvalue weighted by Crippen LogP contribution is -2.38. The van der Waals surface area contributed by atoms with E-state index < -0.39 is 18.0 Å². The van der Waals surface area contributed by atoms with Crippen LogP contribution in [0.15, 0.2) is 18.2 Å². The van der Waals surface area contributed by atoms with Crippen LogP contribution in [0.5, 0.6) is 11.5 Å². The second-order valence-electron chi connectivity index (χ2n) is 7.18. The molecule has 1 atom stereocenters. The normalized spacial score (nSPS) is 19.8. The van der Waals surface area contributed by atoms with E-state index in [2.05, 4.69) is 10.6 Å². The summed E-state index contributed by atoms with van der Waals surface area (Å²) in [5.41, 5.74) is 0.718. The first-order valence-electron chi connectivity index (χ1n) is 9.69. The van der Waals surface area contributed by atoms with Crippen LogP contribution in [-0.2, 0) is 20.9 Å². The molecule has 0 radical (unpaired) electrons. The van der Waals surface area contributed by atoms with E-state index in [-0.39, 0.29) is 18.9 Å². The molecule has 2 N–H and O–H groups in total. The zero-order valence-corrected chi connectivity index (χ0v) is 16.7. The summed E-state index contributed by atoms with van der Waals surface area (Å²) in [4.78, 5) is 38.2. The molecule has 1 aromatic rings. The van der Waals surface area contributed by atoms with Crippen LogP contribution in [0.4, 0.5) is 4.79 Å². The van der Waals surface area contributed by atoms with E-state index in [1.54, 1.807) is 18.2 Å². The van der Waals surface area contributed by atoms with Crippen LogP contribution < -0.4 is 20.1 Å². The van der Waals surface area contributed by atoms with Crippen molar-refractivity contribution in [3.63, 3.8) is 0 Å². The standard InChI is InChI=1S/C20H27N3O6/c1-27-16-4-3-14(9-17(16)28-2)12-23-19(25)15(22-20(23)26)10-18(24)21-11-13-5-7-29-8-6-13/h3-4,9,13,15H,5-8,10-12H2,1-2H3,(H,21,24)(H,22,26)/t15-/m1/s1. The summed E-state index contributed by atoms with van der Waals surface area (Å²) >= 11 is 0. The Balaban J connectivity index is 1.54. The van der Waals surface area contributed by atoms with Crippen molar-refractivity contribution in [1.82, 2.24) is 15.5 Å². The second-order valence-corrected chi connectivity index (χ2v) is 7.18. The number of urea groups is 1. The van der Waals surface area contributed by atoms with E-state index in [4.69, 9.17) is 14.2 Å². The predicted molar refractivity (Wildman–Crippen MR) is 104 cm³/mol. The number of amides is 4. The molecular formula is C20H27N3O6. The van der Waals surface area contributed by atoms with Gasteiger partial charge in [-0.25, -0.2) is 4.79 Å². The fourth-order valence-electron chi connectivity index (χ4n) is 3.49. The number of rotatable bonds is 8. The van der Waals surface area contributed by atoms with Crippen molar-refractivity contribution >= 4 is 17.8 Å². The van der Waals surface area contributed by atoms with Crippen molar-refractivity contribution in [2.75, 3.05) is 34.0 Å². The molecule has 0 bridgehead atoms. The van der Waals surface area contributed by atoms with Crippen molar-refractivity contribution < 1.29 is 28.6 Å². The molecule has 0 aromatic heterocycles. The first-order valence-corrected chi connectivity index (χ1v) is 9.69. The highest BCUT2D eigenvalue weighted by Gasteiger charge is 2.39. The number of carbonyl (C=O) groups excluding carboxylic acids is 3. The molecule has 3 rings (SSSR count). The summed E-state index contributed by atoms with van der Waals surface area (Å²) in [6.07, 6.45) is 1.76. The van der Waals surface area contributed by atoms with Gasteiger partial charge < -0.3 is 24.8 Å². The summed E-state index contributed by atoms with van der Waals surface area (Å²) in [5, 5.41) is 5.45. The van der Waals surface area contributed by atoms with Crippen LogP contribution in [0.2, 0.25) is 0 Å². The van der Waals surface area contributed by atoms with Crippen LogP contribution in [0.3, 0.4) is 0 Å². The van der Waals surface area contributed by atoms with Crippen LogP contribution in [-0.4, -0.2) is 62.8 Å². The van der Waals surface area contributed by atoms with Crippen molar-refractivity contribution in [3.05, 3.63) is 23.8 Å². The predicted octanol–water partition coefficient (Wildman–Crippen LogP) is 1.06. The summed E-state index contributed by atoms with van der Waals surface area (Å²) in [5.74, 6) is 0.811. The summed E-state index contributed by atoms with van der Waals surface area (Å²) in [7, 11) is 3.05. The quantitative estimate of drug-likeness (QED) is 0.627. The van der Waals surface area contributed by atoms with Crippen molar-refractivity contribution in [3.8, 4) is 11.5 Å². The van der Waals surface area contributed by atoms with Gasteiger partial charge in [0.05, 0.1) is 27.2 Å². The third kappa shape index (κ3) is 5.17. The molecule has 158 valence electrons. The van der Waals surface area contributed by atoms with Gasteiger partial charge in [-0.05, 0) is 36.5 Å². The smallest absolute Gasteiger partial charge is 0.325 e. The molecule has 9 nitrogen and oxygen atoms in total. The first kappa shape index (κ1) is 20.9. The molecule has 2 fully saturated rings. The number of nitrogens with one attached hydrogen (secondary N) is 2. The maximum atomic E-state index is 12.6. The molecule has 0 spiro atoms. The molecule has 2 saturated heterocycles. The van der Waals surface area contributed by atoms with Gasteiger partial charge in [-0.3, -0.25) is 14.5 Å². The fourth-order valence-corrected chi connectivity index (χ4v) is 3.49. The number of carbonyl (C=O) groups is 3. The fraction of sp³-hybridized carbons (Fsp3) is 0.550. The number of nitrogens with zero attached hydrogens (tertiary/aromatic N) is 1. The minimum atomic E-state index is -0.850. The average molecular weight is 405 g/mol. The summed E-state index contributed by atoms with van der Waals surface area (Å²) in [6.45, 7) is 2.07. The molecule has 0 unspecified atom stereocenters. The third-order valence-corrected chi connectivity index (χ3v) is 5.21. The number of imide groups is 1. The molecule has 9 heteroatoms. The SMILES string of the molecule is COc1ccc(CN2C(=O)N[C@H](CC(=O)NCC3CCOCC3)C2=O)cc1OC. The monoisotopic (exact) mass is 405 g/mol. The van der Waals surface area contributed by atoms with Crippen LogP contribution >= 0.6 is 0 Å². The van der Waals surface area contributed by atoms with Gasteiger partial charge >= 0.3 is 6.03 Å². The molecule has 2 aliphatic heterocycles. The zero-order chi connectivity index (χ0) is 20.8. The molecular weight excluding hydrogens is 378 g/mol. The van der Waals surface area contributed by atoms with E-state index in [0.29, 0.717) is 37.2 Å². The Morgan fingerprint density at radius 3 is 2.62 bits per heavy atom. The van der Waals surface area contributed by atoms with Crippen LogP contribution in [0.25, 0.3) is 0 Å². The molecule has 2 heterocycles. The lowest BCUT2D eigenvalue weighted by molar-refractivity contribution is -0.131. The van der Waals surface area contributed by atoms with E-state index >= 15 is 0 Å². The Hall–Kier alpha value is -2.81. The highest BCUT2D eigenvalue weighted by atomic mass is 16.5. The highest BCUT2D eigenvalue weighted by molar-refractivity contribution is 6.05. The average Bonchev–Trinajstić information content (AvgIpc) is 3.00. The molecule has 4 amide bonds. The lowest BCUT2D eigenvalue weighted by Gasteiger charge is -2.22. The Labute approximate surface area is 169 Å². The van der Waals surface area contributed by atoms with E-state index in [1.165, 1.54) is 14.2 Å².